The molecule has 0 bridgehead atoms. The van der Waals surface area contributed by atoms with Crippen molar-refractivity contribution in [2.75, 3.05) is 19.8 Å². The molecule has 0 saturated carbocycles. The number of aliphatic hydroxyl groups is 1. The fraction of sp³-hybridized carbons (Fsp3) is 0.385. The predicted molar refractivity (Wildman–Crippen MR) is 65.7 cm³/mol. The Bertz CT molecular complexity index is 316. The summed E-state index contributed by atoms with van der Waals surface area (Å²) in [7, 11) is 0. The van der Waals surface area contributed by atoms with Crippen molar-refractivity contribution in [2.24, 2.45) is 0 Å². The van der Waals surface area contributed by atoms with Gasteiger partial charge in [-0.2, -0.15) is 5.06 Å². The van der Waals surface area contributed by atoms with Crippen LogP contribution in [0.4, 0.5) is 0 Å². The molecule has 1 aromatic rings. The van der Waals surface area contributed by atoms with Crippen LogP contribution in [0.2, 0.25) is 0 Å². The molecular weight excluding hydrogens is 218 g/mol. The molecule has 1 rings (SSSR count). The lowest BCUT2D eigenvalue weighted by Gasteiger charge is -2.18. The maximum Gasteiger partial charge on any atom is 0.0923 e. The summed E-state index contributed by atoms with van der Waals surface area (Å²) < 4.78 is 5.09. The van der Waals surface area contributed by atoms with Crippen LogP contribution in [0.5, 0.6) is 0 Å². The smallest absolute Gasteiger partial charge is 0.0923 e. The van der Waals surface area contributed by atoms with Crippen LogP contribution in [-0.4, -0.2) is 41.2 Å². The van der Waals surface area contributed by atoms with Crippen molar-refractivity contribution < 1.29 is 15.1 Å². The Morgan fingerprint density at radius 1 is 1.35 bits per heavy atom. The molecule has 0 amide bonds. The maximum absolute atomic E-state index is 9.63. The highest BCUT2D eigenvalue weighted by Gasteiger charge is 2.09. The highest BCUT2D eigenvalue weighted by Crippen LogP contribution is 2.03. The monoisotopic (exact) mass is 237 g/mol. The van der Waals surface area contributed by atoms with Crippen molar-refractivity contribution in [2.45, 2.75) is 12.6 Å². The van der Waals surface area contributed by atoms with Crippen LogP contribution in [0.1, 0.15) is 5.56 Å². The van der Waals surface area contributed by atoms with Crippen molar-refractivity contribution in [3.63, 3.8) is 0 Å². The molecule has 0 aromatic heterocycles. The van der Waals surface area contributed by atoms with Gasteiger partial charge in [0.05, 0.1) is 25.9 Å². The van der Waals surface area contributed by atoms with Gasteiger partial charge < -0.3 is 15.1 Å². The molecule has 0 aliphatic heterocycles. The molecule has 17 heavy (non-hydrogen) atoms. The highest BCUT2D eigenvalue weighted by atomic mass is 16.5. The Kier molecular flexibility index (Phi) is 6.50. The van der Waals surface area contributed by atoms with E-state index < -0.39 is 6.10 Å². The average molecular weight is 237 g/mol. The molecule has 0 aliphatic rings. The zero-order valence-corrected chi connectivity index (χ0v) is 9.83. The van der Waals surface area contributed by atoms with Crippen molar-refractivity contribution in [1.82, 2.24) is 5.06 Å². The lowest BCUT2D eigenvalue weighted by Crippen LogP contribution is -2.32. The van der Waals surface area contributed by atoms with E-state index in [0.29, 0.717) is 13.2 Å². The summed E-state index contributed by atoms with van der Waals surface area (Å²) in [6.07, 6.45) is 0.914. The summed E-state index contributed by atoms with van der Waals surface area (Å²) >= 11 is 0. The SMILES string of the molecule is C=CCOCC(O)CN(O)Cc1ccccc1. The quantitative estimate of drug-likeness (QED) is 0.408. The predicted octanol–water partition coefficient (Wildman–Crippen LogP) is 1.44. The van der Waals surface area contributed by atoms with E-state index in [1.165, 1.54) is 0 Å². The fourth-order valence-corrected chi connectivity index (χ4v) is 1.44. The van der Waals surface area contributed by atoms with Gasteiger partial charge in [-0.25, -0.2) is 0 Å². The number of hydroxylamine groups is 2. The highest BCUT2D eigenvalue weighted by molar-refractivity contribution is 5.14. The van der Waals surface area contributed by atoms with Gasteiger partial charge in [-0.3, -0.25) is 0 Å². The summed E-state index contributed by atoms with van der Waals surface area (Å²) in [5.41, 5.74) is 0.995. The van der Waals surface area contributed by atoms with Gasteiger partial charge in [-0.15, -0.1) is 6.58 Å². The van der Waals surface area contributed by atoms with Gasteiger partial charge in [0.1, 0.15) is 0 Å². The summed E-state index contributed by atoms with van der Waals surface area (Å²) in [5, 5.41) is 20.3. The van der Waals surface area contributed by atoms with Crippen molar-refractivity contribution in [3.8, 4) is 0 Å². The molecule has 0 heterocycles. The third-order valence-corrected chi connectivity index (χ3v) is 2.18. The van der Waals surface area contributed by atoms with Crippen molar-refractivity contribution in [3.05, 3.63) is 48.6 Å². The van der Waals surface area contributed by atoms with Gasteiger partial charge in [0.2, 0.25) is 0 Å². The Morgan fingerprint density at radius 2 is 2.06 bits per heavy atom. The van der Waals surface area contributed by atoms with Crippen molar-refractivity contribution >= 4 is 0 Å². The van der Waals surface area contributed by atoms with E-state index >= 15 is 0 Å². The second-order valence-corrected chi connectivity index (χ2v) is 3.81. The fourth-order valence-electron chi connectivity index (χ4n) is 1.44. The third-order valence-electron chi connectivity index (χ3n) is 2.18. The van der Waals surface area contributed by atoms with Gasteiger partial charge >= 0.3 is 0 Å². The van der Waals surface area contributed by atoms with Gasteiger partial charge in [0.15, 0.2) is 0 Å². The molecule has 2 N–H and O–H groups in total. The lowest BCUT2D eigenvalue weighted by atomic mass is 10.2. The molecule has 4 nitrogen and oxygen atoms in total. The molecule has 0 saturated heterocycles. The summed E-state index contributed by atoms with van der Waals surface area (Å²) in [4.78, 5) is 0. The number of rotatable bonds is 8. The second kappa shape index (κ2) is 7.97. The molecule has 1 atom stereocenters. The minimum atomic E-state index is -0.705. The Balaban J connectivity index is 2.24. The van der Waals surface area contributed by atoms with E-state index in [0.717, 1.165) is 10.6 Å². The van der Waals surface area contributed by atoms with Gasteiger partial charge in [0, 0.05) is 6.54 Å². The first-order chi connectivity index (χ1) is 8.22. The molecule has 0 radical (unpaired) electrons. The number of benzene rings is 1. The van der Waals surface area contributed by atoms with Crippen LogP contribution in [0.15, 0.2) is 43.0 Å². The molecule has 0 aliphatic carbocycles. The van der Waals surface area contributed by atoms with Gasteiger partial charge in [0.25, 0.3) is 0 Å². The van der Waals surface area contributed by atoms with Crippen LogP contribution < -0.4 is 0 Å². The van der Waals surface area contributed by atoms with Crippen LogP contribution in [0.25, 0.3) is 0 Å². The second-order valence-electron chi connectivity index (χ2n) is 3.81. The normalized spacial score (nSPS) is 12.6. The molecular formula is C13H19NO3. The first kappa shape index (κ1) is 13.9. The first-order valence-corrected chi connectivity index (χ1v) is 5.57. The molecule has 94 valence electrons. The standard InChI is InChI=1S/C13H19NO3/c1-2-8-17-11-13(15)10-14(16)9-12-6-4-3-5-7-12/h2-7,13,15-16H,1,8-11H2. The Labute approximate surface area is 102 Å². The summed E-state index contributed by atoms with van der Waals surface area (Å²) in [6, 6.07) is 9.58. The van der Waals surface area contributed by atoms with Crippen molar-refractivity contribution in [1.29, 1.82) is 0 Å². The van der Waals surface area contributed by atoms with Gasteiger partial charge in [-0.05, 0) is 5.56 Å². The minimum absolute atomic E-state index is 0.159. The largest absolute Gasteiger partial charge is 0.389 e. The molecule has 4 heteroatoms. The summed E-state index contributed by atoms with van der Waals surface area (Å²) in [5.74, 6) is 0. The van der Waals surface area contributed by atoms with E-state index in [9.17, 15) is 10.3 Å². The minimum Gasteiger partial charge on any atom is -0.389 e. The van der Waals surface area contributed by atoms with Crippen LogP contribution in [0.3, 0.4) is 0 Å². The topological polar surface area (TPSA) is 52.9 Å². The van der Waals surface area contributed by atoms with Crippen LogP contribution in [-0.2, 0) is 11.3 Å². The number of aliphatic hydroxyl groups excluding tert-OH is 1. The van der Waals surface area contributed by atoms with E-state index in [2.05, 4.69) is 6.58 Å². The Hall–Kier alpha value is -1.20. The van der Waals surface area contributed by atoms with E-state index in [-0.39, 0.29) is 13.2 Å². The maximum atomic E-state index is 9.63. The van der Waals surface area contributed by atoms with E-state index in [4.69, 9.17) is 4.74 Å². The number of ether oxygens (including phenoxy) is 1. The van der Waals surface area contributed by atoms with Gasteiger partial charge in [-0.1, -0.05) is 36.4 Å². The van der Waals surface area contributed by atoms with E-state index in [1.807, 2.05) is 30.3 Å². The first-order valence-electron chi connectivity index (χ1n) is 5.57. The number of hydrogen-bond acceptors (Lipinski definition) is 4. The number of nitrogens with zero attached hydrogens (tertiary/aromatic N) is 1. The van der Waals surface area contributed by atoms with Crippen LogP contribution >= 0.6 is 0 Å². The third kappa shape index (κ3) is 6.19. The van der Waals surface area contributed by atoms with Crippen LogP contribution in [0, 0.1) is 0 Å². The lowest BCUT2D eigenvalue weighted by molar-refractivity contribution is -0.128. The molecule has 1 unspecified atom stereocenters. The average Bonchev–Trinajstić information content (AvgIpc) is 2.30. The zero-order chi connectivity index (χ0) is 12.5. The van der Waals surface area contributed by atoms with E-state index in [1.54, 1.807) is 6.08 Å². The summed E-state index contributed by atoms with van der Waals surface area (Å²) in [6.45, 7) is 4.65. The zero-order valence-electron chi connectivity index (χ0n) is 9.83. The molecule has 0 spiro atoms. The Morgan fingerprint density at radius 3 is 2.71 bits per heavy atom. The number of hydrogen-bond donors (Lipinski definition) is 2. The molecule has 0 fully saturated rings. The molecule has 1 aromatic carbocycles.